The lowest BCUT2D eigenvalue weighted by atomic mass is 10.1. The highest BCUT2D eigenvalue weighted by Gasteiger charge is 2.07. The summed E-state index contributed by atoms with van der Waals surface area (Å²) in [6.45, 7) is 4.82. The van der Waals surface area contributed by atoms with Crippen LogP contribution in [-0.4, -0.2) is 27.0 Å². The first-order valence-corrected chi connectivity index (χ1v) is 7.23. The molecule has 1 aromatic carbocycles. The van der Waals surface area contributed by atoms with Gasteiger partial charge in [-0.15, -0.1) is 0 Å². The highest BCUT2D eigenvalue weighted by atomic mass is 32.1. The van der Waals surface area contributed by atoms with Crippen LogP contribution in [0.3, 0.4) is 0 Å². The third-order valence-corrected chi connectivity index (χ3v) is 3.51. The summed E-state index contributed by atoms with van der Waals surface area (Å²) >= 11 is 1.35. The normalized spacial score (nSPS) is 10.8. The molecule has 1 heterocycles. The van der Waals surface area contributed by atoms with E-state index in [0.717, 1.165) is 22.9 Å². The molecule has 5 nitrogen and oxygen atoms in total. The molecule has 2 rings (SSSR count). The second-order valence-electron chi connectivity index (χ2n) is 4.79. The summed E-state index contributed by atoms with van der Waals surface area (Å²) in [4.78, 5) is 15.3. The first-order chi connectivity index (χ1) is 9.56. The minimum atomic E-state index is -0.898. The summed E-state index contributed by atoms with van der Waals surface area (Å²) in [6.07, 6.45) is 0.748. The van der Waals surface area contributed by atoms with Crippen LogP contribution in [-0.2, 0) is 6.42 Å². The predicted molar refractivity (Wildman–Crippen MR) is 79.6 cm³/mol. The summed E-state index contributed by atoms with van der Waals surface area (Å²) in [5.74, 6) is 0.282. The topological polar surface area (TPSA) is 75.1 Å². The Kier molecular flexibility index (Phi) is 4.68. The van der Waals surface area contributed by atoms with Crippen molar-refractivity contribution in [3.63, 3.8) is 0 Å². The van der Waals surface area contributed by atoms with Gasteiger partial charge in [0.25, 0.3) is 0 Å². The van der Waals surface area contributed by atoms with Crippen LogP contribution in [0.5, 0.6) is 0 Å². The van der Waals surface area contributed by atoms with Gasteiger partial charge in [-0.25, -0.2) is 9.78 Å². The molecule has 0 saturated carbocycles. The molecule has 1 aromatic heterocycles. The molecule has 0 radical (unpaired) electrons. The lowest BCUT2D eigenvalue weighted by Crippen LogP contribution is -2.06. The van der Waals surface area contributed by atoms with E-state index < -0.39 is 5.97 Å². The summed E-state index contributed by atoms with van der Waals surface area (Å²) in [6, 6.07) is 6.98. The van der Waals surface area contributed by atoms with E-state index in [1.165, 1.54) is 11.5 Å². The van der Waals surface area contributed by atoms with E-state index in [2.05, 4.69) is 28.5 Å². The van der Waals surface area contributed by atoms with Crippen LogP contribution in [0.4, 0.5) is 5.13 Å². The number of anilines is 1. The number of carbonyl (C=O) groups is 1. The van der Waals surface area contributed by atoms with Gasteiger partial charge < -0.3 is 10.4 Å². The van der Waals surface area contributed by atoms with E-state index in [1.807, 2.05) is 6.07 Å². The molecule has 0 aliphatic carbocycles. The fraction of sp³-hybridized carbons (Fsp3) is 0.357. The lowest BCUT2D eigenvalue weighted by molar-refractivity contribution is 0.0697. The average Bonchev–Trinajstić information content (AvgIpc) is 2.88. The van der Waals surface area contributed by atoms with Crippen LogP contribution in [0.15, 0.2) is 24.3 Å². The first-order valence-electron chi connectivity index (χ1n) is 6.46. The van der Waals surface area contributed by atoms with Gasteiger partial charge in [0.15, 0.2) is 0 Å². The third-order valence-electron chi connectivity index (χ3n) is 2.82. The Morgan fingerprint density at radius 2 is 2.25 bits per heavy atom. The molecule has 6 heteroatoms. The van der Waals surface area contributed by atoms with Gasteiger partial charge in [0.2, 0.25) is 5.13 Å². The number of hydrogen-bond acceptors (Lipinski definition) is 5. The Morgan fingerprint density at radius 3 is 2.90 bits per heavy atom. The number of benzene rings is 1. The third kappa shape index (κ3) is 3.77. The Labute approximate surface area is 121 Å². The fourth-order valence-corrected chi connectivity index (χ4v) is 2.45. The van der Waals surface area contributed by atoms with Crippen LogP contribution in [0.2, 0.25) is 0 Å². The van der Waals surface area contributed by atoms with E-state index in [-0.39, 0.29) is 0 Å². The Morgan fingerprint density at radius 1 is 1.45 bits per heavy atom. The second kappa shape index (κ2) is 6.47. The largest absolute Gasteiger partial charge is 0.478 e. The van der Waals surface area contributed by atoms with Crippen LogP contribution in [0, 0.1) is 0 Å². The van der Waals surface area contributed by atoms with Crippen molar-refractivity contribution in [1.82, 2.24) is 9.36 Å². The van der Waals surface area contributed by atoms with Crippen molar-refractivity contribution >= 4 is 22.6 Å². The summed E-state index contributed by atoms with van der Waals surface area (Å²) in [5.41, 5.74) is 1.31. The quantitative estimate of drug-likeness (QED) is 0.855. The van der Waals surface area contributed by atoms with Crippen LogP contribution in [0.1, 0.15) is 41.5 Å². The zero-order chi connectivity index (χ0) is 14.5. The van der Waals surface area contributed by atoms with Gasteiger partial charge in [0.05, 0.1) is 5.56 Å². The van der Waals surface area contributed by atoms with Gasteiger partial charge >= 0.3 is 5.97 Å². The summed E-state index contributed by atoms with van der Waals surface area (Å²) in [7, 11) is 0. The maximum absolute atomic E-state index is 10.9. The van der Waals surface area contributed by atoms with Crippen molar-refractivity contribution in [2.24, 2.45) is 0 Å². The SMILES string of the molecule is CC(C)c1nsc(NCCc2cccc(C(=O)O)c2)n1. The summed E-state index contributed by atoms with van der Waals surface area (Å²) < 4.78 is 4.27. The molecule has 2 aromatic rings. The van der Waals surface area contributed by atoms with E-state index >= 15 is 0 Å². The molecule has 106 valence electrons. The first kappa shape index (κ1) is 14.5. The second-order valence-corrected chi connectivity index (χ2v) is 5.55. The maximum atomic E-state index is 10.9. The van der Waals surface area contributed by atoms with Crippen molar-refractivity contribution in [3.05, 3.63) is 41.2 Å². The monoisotopic (exact) mass is 291 g/mol. The Bertz CT molecular complexity index is 596. The van der Waals surface area contributed by atoms with Gasteiger partial charge in [0.1, 0.15) is 5.82 Å². The zero-order valence-corrected chi connectivity index (χ0v) is 12.3. The van der Waals surface area contributed by atoms with Crippen molar-refractivity contribution in [2.75, 3.05) is 11.9 Å². The van der Waals surface area contributed by atoms with E-state index in [4.69, 9.17) is 5.11 Å². The van der Waals surface area contributed by atoms with Gasteiger partial charge in [-0.1, -0.05) is 26.0 Å². The minimum absolute atomic E-state index is 0.320. The van der Waals surface area contributed by atoms with Crippen LogP contribution < -0.4 is 5.32 Å². The molecule has 0 atom stereocenters. The van der Waals surface area contributed by atoms with E-state index in [1.54, 1.807) is 18.2 Å². The molecule has 0 aliphatic rings. The molecule has 0 amide bonds. The highest BCUT2D eigenvalue weighted by molar-refractivity contribution is 7.09. The molecule has 0 aliphatic heterocycles. The average molecular weight is 291 g/mol. The van der Waals surface area contributed by atoms with E-state index in [9.17, 15) is 4.79 Å². The number of aromatic nitrogens is 2. The van der Waals surface area contributed by atoms with Crippen molar-refractivity contribution in [1.29, 1.82) is 0 Å². The van der Waals surface area contributed by atoms with Crippen LogP contribution >= 0.6 is 11.5 Å². The van der Waals surface area contributed by atoms with Crippen molar-refractivity contribution in [3.8, 4) is 0 Å². The molecule has 0 fully saturated rings. The molecule has 20 heavy (non-hydrogen) atoms. The molecule has 0 spiro atoms. The van der Waals surface area contributed by atoms with Gasteiger partial charge in [0, 0.05) is 24.0 Å². The molecular weight excluding hydrogens is 274 g/mol. The van der Waals surface area contributed by atoms with Crippen LogP contribution in [0.25, 0.3) is 0 Å². The number of aromatic carboxylic acids is 1. The minimum Gasteiger partial charge on any atom is -0.478 e. The Hall–Kier alpha value is -1.95. The molecule has 0 bridgehead atoms. The van der Waals surface area contributed by atoms with Crippen molar-refractivity contribution < 1.29 is 9.90 Å². The predicted octanol–water partition coefficient (Wildman–Crippen LogP) is 3.01. The lowest BCUT2D eigenvalue weighted by Gasteiger charge is -2.04. The number of hydrogen-bond donors (Lipinski definition) is 2. The fourth-order valence-electron chi connectivity index (χ4n) is 1.71. The number of carboxylic acids is 1. The number of nitrogens with one attached hydrogen (secondary N) is 1. The molecule has 0 saturated heterocycles. The number of rotatable bonds is 6. The van der Waals surface area contributed by atoms with Gasteiger partial charge in [-0.3, -0.25) is 0 Å². The number of nitrogens with zero attached hydrogens (tertiary/aromatic N) is 2. The molecular formula is C14H17N3O2S. The Balaban J connectivity index is 1.89. The molecule has 2 N–H and O–H groups in total. The standard InChI is InChI=1S/C14H17N3O2S/c1-9(2)12-16-14(20-17-12)15-7-6-10-4-3-5-11(8-10)13(18)19/h3-5,8-9H,6-7H2,1-2H3,(H,18,19)(H,15,16,17). The summed E-state index contributed by atoms with van der Waals surface area (Å²) in [5, 5.41) is 13.0. The highest BCUT2D eigenvalue weighted by Crippen LogP contribution is 2.17. The van der Waals surface area contributed by atoms with Gasteiger partial charge in [-0.05, 0) is 24.1 Å². The number of carboxylic acid groups (broad SMARTS) is 1. The zero-order valence-electron chi connectivity index (χ0n) is 11.5. The van der Waals surface area contributed by atoms with Gasteiger partial charge in [-0.2, -0.15) is 4.37 Å². The maximum Gasteiger partial charge on any atom is 0.335 e. The van der Waals surface area contributed by atoms with Crippen molar-refractivity contribution in [2.45, 2.75) is 26.2 Å². The molecule has 0 unspecified atom stereocenters. The van der Waals surface area contributed by atoms with E-state index in [0.29, 0.717) is 18.0 Å². The smallest absolute Gasteiger partial charge is 0.335 e.